The van der Waals surface area contributed by atoms with Crippen LogP contribution < -0.4 is 9.47 Å². The van der Waals surface area contributed by atoms with Gasteiger partial charge in [-0.05, 0) is 18.6 Å². The van der Waals surface area contributed by atoms with Crippen LogP contribution in [0.2, 0.25) is 0 Å². The average molecular weight is 413 g/mol. The normalized spacial score (nSPS) is 16.6. The minimum atomic E-state index is 0.143. The zero-order valence-electron chi connectivity index (χ0n) is 16.4. The van der Waals surface area contributed by atoms with Crippen LogP contribution in [0.5, 0.6) is 11.5 Å². The van der Waals surface area contributed by atoms with Crippen molar-refractivity contribution in [2.45, 2.75) is 17.7 Å². The molecule has 1 atom stereocenters. The summed E-state index contributed by atoms with van der Waals surface area (Å²) in [4.78, 5) is 0. The summed E-state index contributed by atoms with van der Waals surface area (Å²) in [5.74, 6) is 2.88. The number of hydrogen-bond acceptors (Lipinski definition) is 7. The number of ether oxygens (including phenoxy) is 4. The molecule has 29 heavy (non-hydrogen) atoms. The summed E-state index contributed by atoms with van der Waals surface area (Å²) in [6, 6.07) is 15.8. The first kappa shape index (κ1) is 19.8. The average Bonchev–Trinajstić information content (AvgIpc) is 3.22. The van der Waals surface area contributed by atoms with Crippen molar-refractivity contribution in [1.82, 2.24) is 14.8 Å². The van der Waals surface area contributed by atoms with E-state index in [2.05, 4.69) is 10.2 Å². The summed E-state index contributed by atoms with van der Waals surface area (Å²) in [6.45, 7) is 1.08. The van der Waals surface area contributed by atoms with E-state index in [-0.39, 0.29) is 6.10 Å². The molecule has 4 rings (SSSR count). The fraction of sp³-hybridized carbons (Fsp3) is 0.333. The van der Waals surface area contributed by atoms with Crippen LogP contribution in [0.4, 0.5) is 0 Å². The van der Waals surface area contributed by atoms with Crippen LogP contribution in [0.1, 0.15) is 6.42 Å². The molecule has 8 heteroatoms. The molecule has 1 aliphatic rings. The summed E-state index contributed by atoms with van der Waals surface area (Å²) < 4.78 is 23.9. The van der Waals surface area contributed by atoms with E-state index in [4.69, 9.17) is 18.9 Å². The van der Waals surface area contributed by atoms with Gasteiger partial charge in [-0.25, -0.2) is 0 Å². The molecule has 7 nitrogen and oxygen atoms in total. The molecule has 0 spiro atoms. The van der Waals surface area contributed by atoms with E-state index in [1.807, 2.05) is 53.1 Å². The van der Waals surface area contributed by atoms with E-state index < -0.39 is 0 Å². The van der Waals surface area contributed by atoms with Crippen molar-refractivity contribution in [3.05, 3.63) is 48.5 Å². The Kier molecular flexibility index (Phi) is 6.33. The van der Waals surface area contributed by atoms with Crippen LogP contribution in [-0.4, -0.2) is 54.2 Å². The molecule has 0 radical (unpaired) electrons. The molecule has 152 valence electrons. The smallest absolute Gasteiger partial charge is 0.196 e. The van der Waals surface area contributed by atoms with Crippen LogP contribution in [-0.2, 0) is 9.47 Å². The number of rotatable bonds is 7. The first-order valence-electron chi connectivity index (χ1n) is 9.35. The third-order valence-corrected chi connectivity index (χ3v) is 5.72. The zero-order chi connectivity index (χ0) is 20.1. The van der Waals surface area contributed by atoms with Gasteiger partial charge in [0.05, 0.1) is 32.6 Å². The lowest BCUT2D eigenvalue weighted by Crippen LogP contribution is -2.25. The molecule has 0 saturated carbocycles. The minimum absolute atomic E-state index is 0.143. The Morgan fingerprint density at radius 1 is 1.07 bits per heavy atom. The Labute approximate surface area is 173 Å². The van der Waals surface area contributed by atoms with Gasteiger partial charge in [0.1, 0.15) is 6.79 Å². The van der Waals surface area contributed by atoms with Crippen molar-refractivity contribution in [1.29, 1.82) is 0 Å². The highest BCUT2D eigenvalue weighted by Gasteiger charge is 2.20. The summed E-state index contributed by atoms with van der Waals surface area (Å²) >= 11 is 1.62. The lowest BCUT2D eigenvalue weighted by molar-refractivity contribution is -0.130. The second-order valence-corrected chi connectivity index (χ2v) is 7.45. The number of methoxy groups -OCH3 is 2. The maximum absolute atomic E-state index is 5.67. The highest BCUT2D eigenvalue weighted by Crippen LogP contribution is 2.34. The van der Waals surface area contributed by atoms with Crippen LogP contribution >= 0.6 is 11.8 Å². The van der Waals surface area contributed by atoms with Gasteiger partial charge in [-0.1, -0.05) is 42.1 Å². The second-order valence-electron chi connectivity index (χ2n) is 6.46. The SMILES string of the molecule is COc1ccc(-n2c(SCC3CCOCO3)nnc2-c2ccccc2)cc1OC. The third kappa shape index (κ3) is 4.39. The van der Waals surface area contributed by atoms with Gasteiger partial charge in [0.25, 0.3) is 0 Å². The molecule has 2 heterocycles. The molecular formula is C21H23N3O4S. The number of nitrogens with zero attached hydrogens (tertiary/aromatic N) is 3. The number of benzene rings is 2. The van der Waals surface area contributed by atoms with Gasteiger partial charge in [-0.15, -0.1) is 10.2 Å². The van der Waals surface area contributed by atoms with Gasteiger partial charge in [-0.3, -0.25) is 4.57 Å². The summed E-state index contributed by atoms with van der Waals surface area (Å²) in [5.41, 5.74) is 1.89. The van der Waals surface area contributed by atoms with Crippen molar-refractivity contribution in [3.63, 3.8) is 0 Å². The molecule has 2 aromatic carbocycles. The Morgan fingerprint density at radius 3 is 2.62 bits per heavy atom. The summed E-state index contributed by atoms with van der Waals surface area (Å²) in [7, 11) is 3.25. The van der Waals surface area contributed by atoms with E-state index in [0.717, 1.165) is 41.0 Å². The van der Waals surface area contributed by atoms with E-state index in [0.29, 0.717) is 18.3 Å². The zero-order valence-corrected chi connectivity index (χ0v) is 17.2. The van der Waals surface area contributed by atoms with E-state index >= 15 is 0 Å². The van der Waals surface area contributed by atoms with Gasteiger partial charge in [-0.2, -0.15) is 0 Å². The van der Waals surface area contributed by atoms with Crippen LogP contribution in [0.25, 0.3) is 17.1 Å². The highest BCUT2D eigenvalue weighted by atomic mass is 32.2. The Hall–Kier alpha value is -2.55. The second kappa shape index (κ2) is 9.30. The van der Waals surface area contributed by atoms with Crippen LogP contribution in [0.3, 0.4) is 0 Å². The molecule has 3 aromatic rings. The predicted octanol–water partition coefficient (Wildman–Crippen LogP) is 3.81. The van der Waals surface area contributed by atoms with Gasteiger partial charge in [0.15, 0.2) is 22.5 Å². The molecule has 1 unspecified atom stereocenters. The molecule has 0 N–H and O–H groups in total. The minimum Gasteiger partial charge on any atom is -0.493 e. The van der Waals surface area contributed by atoms with Crippen molar-refractivity contribution in [2.75, 3.05) is 33.4 Å². The largest absolute Gasteiger partial charge is 0.493 e. The van der Waals surface area contributed by atoms with Crippen molar-refractivity contribution in [2.24, 2.45) is 0 Å². The monoisotopic (exact) mass is 413 g/mol. The van der Waals surface area contributed by atoms with Crippen molar-refractivity contribution >= 4 is 11.8 Å². The number of hydrogen-bond donors (Lipinski definition) is 0. The molecule has 0 amide bonds. The van der Waals surface area contributed by atoms with Crippen molar-refractivity contribution < 1.29 is 18.9 Å². The molecular weight excluding hydrogens is 390 g/mol. The molecule has 0 bridgehead atoms. The number of aromatic nitrogens is 3. The standard InChI is InChI=1S/C21H23N3O4S/c1-25-18-9-8-16(12-19(18)26-2)24-20(15-6-4-3-5-7-15)22-23-21(24)29-13-17-10-11-27-14-28-17/h3-9,12,17H,10-11,13-14H2,1-2H3. The quantitative estimate of drug-likeness (QED) is 0.546. The summed E-state index contributed by atoms with van der Waals surface area (Å²) in [6.07, 6.45) is 1.02. The topological polar surface area (TPSA) is 67.6 Å². The Bertz CT molecular complexity index is 942. The summed E-state index contributed by atoms with van der Waals surface area (Å²) in [5, 5.41) is 9.74. The van der Waals surface area contributed by atoms with Crippen LogP contribution in [0.15, 0.2) is 53.7 Å². The molecule has 1 saturated heterocycles. The van der Waals surface area contributed by atoms with Crippen molar-refractivity contribution in [3.8, 4) is 28.6 Å². The lowest BCUT2D eigenvalue weighted by Gasteiger charge is -2.22. The fourth-order valence-corrected chi connectivity index (χ4v) is 4.15. The highest BCUT2D eigenvalue weighted by molar-refractivity contribution is 7.99. The number of thioether (sulfide) groups is 1. The van der Waals surface area contributed by atoms with Gasteiger partial charge < -0.3 is 18.9 Å². The van der Waals surface area contributed by atoms with Gasteiger partial charge in [0, 0.05) is 17.4 Å². The maximum atomic E-state index is 5.67. The third-order valence-electron chi connectivity index (χ3n) is 4.66. The first-order chi connectivity index (χ1) is 14.3. The maximum Gasteiger partial charge on any atom is 0.196 e. The predicted molar refractivity (Wildman–Crippen MR) is 111 cm³/mol. The fourth-order valence-electron chi connectivity index (χ4n) is 3.13. The molecule has 0 aliphatic carbocycles. The van der Waals surface area contributed by atoms with Crippen LogP contribution in [0, 0.1) is 0 Å². The van der Waals surface area contributed by atoms with E-state index in [1.165, 1.54) is 0 Å². The first-order valence-corrected chi connectivity index (χ1v) is 10.3. The Balaban J connectivity index is 1.71. The molecule has 1 aromatic heterocycles. The molecule has 1 fully saturated rings. The van der Waals surface area contributed by atoms with Gasteiger partial charge >= 0.3 is 0 Å². The Morgan fingerprint density at radius 2 is 1.90 bits per heavy atom. The lowest BCUT2D eigenvalue weighted by atomic mass is 10.2. The van der Waals surface area contributed by atoms with E-state index in [9.17, 15) is 0 Å². The van der Waals surface area contributed by atoms with Gasteiger partial charge in [0.2, 0.25) is 0 Å². The molecule has 1 aliphatic heterocycles. The van der Waals surface area contributed by atoms with E-state index in [1.54, 1.807) is 26.0 Å².